The molecular weight excluding hydrogens is 164 g/mol. The summed E-state index contributed by atoms with van der Waals surface area (Å²) in [6.07, 6.45) is 0.812. The second-order valence-corrected chi connectivity index (χ2v) is 4.62. The van der Waals surface area contributed by atoms with Gasteiger partial charge in [0.05, 0.1) is 0 Å². The van der Waals surface area contributed by atoms with E-state index in [0.29, 0.717) is 13.1 Å². The first-order valence-corrected chi connectivity index (χ1v) is 4.88. The summed E-state index contributed by atoms with van der Waals surface area (Å²) in [7, 11) is 0. The molecule has 0 fully saturated rings. The van der Waals surface area contributed by atoms with Gasteiger partial charge in [0.1, 0.15) is 0 Å². The molecule has 0 aromatic carbocycles. The predicted molar refractivity (Wildman–Crippen MR) is 55.3 cm³/mol. The molecule has 0 radical (unpaired) electrons. The molecule has 0 saturated heterocycles. The Kier molecular flexibility index (Phi) is 4.99. The van der Waals surface area contributed by atoms with Crippen LogP contribution >= 0.6 is 0 Å². The summed E-state index contributed by atoms with van der Waals surface area (Å²) >= 11 is 0. The number of nitrogens with one attached hydrogen (secondary N) is 1. The van der Waals surface area contributed by atoms with E-state index in [1.54, 1.807) is 0 Å². The molecule has 1 amide bonds. The zero-order valence-corrected chi connectivity index (χ0v) is 9.18. The van der Waals surface area contributed by atoms with Gasteiger partial charge in [-0.05, 0) is 11.8 Å². The van der Waals surface area contributed by atoms with Gasteiger partial charge in [-0.1, -0.05) is 27.7 Å². The molecule has 0 spiro atoms. The van der Waals surface area contributed by atoms with Crippen LogP contribution in [0.5, 0.6) is 0 Å². The van der Waals surface area contributed by atoms with E-state index < -0.39 is 0 Å². The highest BCUT2D eigenvalue weighted by Crippen LogP contribution is 2.11. The van der Waals surface area contributed by atoms with E-state index >= 15 is 0 Å². The average molecular weight is 186 g/mol. The number of hydrogen-bond donors (Lipinski definition) is 2. The number of amides is 1. The van der Waals surface area contributed by atoms with E-state index in [1.807, 2.05) is 6.92 Å². The fourth-order valence-corrected chi connectivity index (χ4v) is 0.956. The molecule has 1 unspecified atom stereocenters. The number of hydrogen-bond acceptors (Lipinski definition) is 2. The molecule has 13 heavy (non-hydrogen) atoms. The largest absolute Gasteiger partial charge is 0.355 e. The van der Waals surface area contributed by atoms with Crippen molar-refractivity contribution < 1.29 is 4.79 Å². The van der Waals surface area contributed by atoms with Crippen molar-refractivity contribution in [2.24, 2.45) is 17.1 Å². The maximum absolute atomic E-state index is 11.5. The lowest BCUT2D eigenvalue weighted by molar-refractivity contribution is -0.125. The zero-order chi connectivity index (χ0) is 10.5. The highest BCUT2D eigenvalue weighted by molar-refractivity contribution is 5.78. The van der Waals surface area contributed by atoms with Gasteiger partial charge in [-0.25, -0.2) is 0 Å². The number of carbonyl (C=O) groups is 1. The first kappa shape index (κ1) is 12.4. The lowest BCUT2D eigenvalue weighted by Gasteiger charge is -2.20. The Hall–Kier alpha value is -0.570. The van der Waals surface area contributed by atoms with Crippen LogP contribution < -0.4 is 11.1 Å². The van der Waals surface area contributed by atoms with Gasteiger partial charge >= 0.3 is 0 Å². The van der Waals surface area contributed by atoms with Gasteiger partial charge in [0, 0.05) is 19.0 Å². The number of nitrogens with two attached hydrogens (primary N) is 1. The summed E-state index contributed by atoms with van der Waals surface area (Å²) in [5.74, 6) is 0.0577. The lowest BCUT2D eigenvalue weighted by atomic mass is 9.96. The summed E-state index contributed by atoms with van der Waals surface area (Å²) in [6.45, 7) is 9.41. The molecule has 0 aliphatic carbocycles. The summed E-state index contributed by atoms with van der Waals surface area (Å²) in [4.78, 5) is 11.5. The maximum atomic E-state index is 11.5. The van der Waals surface area contributed by atoms with Gasteiger partial charge in [0.2, 0.25) is 5.91 Å². The molecular formula is C10H22N2O. The molecule has 0 heterocycles. The van der Waals surface area contributed by atoms with Crippen molar-refractivity contribution in [2.45, 2.75) is 34.1 Å². The normalized spacial score (nSPS) is 13.9. The van der Waals surface area contributed by atoms with Gasteiger partial charge in [-0.15, -0.1) is 0 Å². The topological polar surface area (TPSA) is 55.1 Å². The van der Waals surface area contributed by atoms with Crippen LogP contribution in [0.4, 0.5) is 0 Å². The Morgan fingerprint density at radius 2 is 2.00 bits per heavy atom. The van der Waals surface area contributed by atoms with E-state index in [1.165, 1.54) is 0 Å². The molecule has 0 aliphatic heterocycles. The molecule has 0 aromatic heterocycles. The molecule has 0 rings (SSSR count). The third kappa shape index (κ3) is 5.64. The SMILES string of the molecule is CCC(CN)C(=O)NCC(C)(C)C. The van der Waals surface area contributed by atoms with Crippen LogP contribution in [0.15, 0.2) is 0 Å². The Labute approximate surface area is 81.1 Å². The van der Waals surface area contributed by atoms with Crippen molar-refractivity contribution in [3.63, 3.8) is 0 Å². The van der Waals surface area contributed by atoms with Gasteiger partial charge in [-0.2, -0.15) is 0 Å². The minimum Gasteiger partial charge on any atom is -0.355 e. The van der Waals surface area contributed by atoms with Crippen molar-refractivity contribution >= 4 is 5.91 Å². The fourth-order valence-electron chi connectivity index (χ4n) is 0.956. The van der Waals surface area contributed by atoms with Gasteiger partial charge < -0.3 is 11.1 Å². The summed E-state index contributed by atoms with van der Waals surface area (Å²) in [5, 5.41) is 2.91. The predicted octanol–water partition coefficient (Wildman–Crippen LogP) is 1.13. The van der Waals surface area contributed by atoms with E-state index in [2.05, 4.69) is 26.1 Å². The van der Waals surface area contributed by atoms with Crippen LogP contribution in [0.3, 0.4) is 0 Å². The Bertz CT molecular complexity index is 157. The van der Waals surface area contributed by atoms with Crippen LogP contribution in [0, 0.1) is 11.3 Å². The zero-order valence-electron chi connectivity index (χ0n) is 9.18. The third-order valence-corrected chi connectivity index (χ3v) is 1.94. The van der Waals surface area contributed by atoms with Crippen molar-refractivity contribution in [1.82, 2.24) is 5.32 Å². The van der Waals surface area contributed by atoms with Crippen molar-refractivity contribution in [3.05, 3.63) is 0 Å². The van der Waals surface area contributed by atoms with Crippen LogP contribution in [-0.2, 0) is 4.79 Å². The van der Waals surface area contributed by atoms with Gasteiger partial charge in [-0.3, -0.25) is 4.79 Å². The molecule has 0 aromatic rings. The van der Waals surface area contributed by atoms with E-state index in [4.69, 9.17) is 5.73 Å². The first-order valence-electron chi connectivity index (χ1n) is 4.88. The van der Waals surface area contributed by atoms with Crippen LogP contribution in [0.2, 0.25) is 0 Å². The monoisotopic (exact) mass is 186 g/mol. The summed E-state index contributed by atoms with van der Waals surface area (Å²) in [5.41, 5.74) is 5.60. The minimum absolute atomic E-state index is 0.0256. The molecule has 0 saturated carbocycles. The van der Waals surface area contributed by atoms with Gasteiger partial charge in [0.15, 0.2) is 0 Å². The van der Waals surface area contributed by atoms with E-state index in [0.717, 1.165) is 6.42 Å². The Balaban J connectivity index is 3.86. The van der Waals surface area contributed by atoms with Crippen molar-refractivity contribution in [1.29, 1.82) is 0 Å². The van der Waals surface area contributed by atoms with Crippen molar-refractivity contribution in [3.8, 4) is 0 Å². The summed E-state index contributed by atoms with van der Waals surface area (Å²) in [6, 6.07) is 0. The molecule has 78 valence electrons. The fraction of sp³-hybridized carbons (Fsp3) is 0.900. The smallest absolute Gasteiger partial charge is 0.224 e. The highest BCUT2D eigenvalue weighted by atomic mass is 16.1. The lowest BCUT2D eigenvalue weighted by Crippen LogP contribution is -2.38. The van der Waals surface area contributed by atoms with Crippen LogP contribution in [0.1, 0.15) is 34.1 Å². The van der Waals surface area contributed by atoms with E-state index in [-0.39, 0.29) is 17.2 Å². The third-order valence-electron chi connectivity index (χ3n) is 1.94. The second kappa shape index (κ2) is 5.22. The quantitative estimate of drug-likeness (QED) is 0.691. The Morgan fingerprint density at radius 3 is 2.31 bits per heavy atom. The number of carbonyl (C=O) groups excluding carboxylic acids is 1. The van der Waals surface area contributed by atoms with Gasteiger partial charge in [0.25, 0.3) is 0 Å². The molecule has 3 heteroatoms. The molecule has 1 atom stereocenters. The molecule has 3 N–H and O–H groups in total. The molecule has 3 nitrogen and oxygen atoms in total. The van der Waals surface area contributed by atoms with Crippen molar-refractivity contribution in [2.75, 3.05) is 13.1 Å². The van der Waals surface area contributed by atoms with E-state index in [9.17, 15) is 4.79 Å². The standard InChI is InChI=1S/C10H22N2O/c1-5-8(6-11)9(13)12-7-10(2,3)4/h8H,5-7,11H2,1-4H3,(H,12,13). The maximum Gasteiger partial charge on any atom is 0.224 e. The van der Waals surface area contributed by atoms with Crippen LogP contribution in [-0.4, -0.2) is 19.0 Å². The highest BCUT2D eigenvalue weighted by Gasteiger charge is 2.17. The Morgan fingerprint density at radius 1 is 1.46 bits per heavy atom. The second-order valence-electron chi connectivity index (χ2n) is 4.62. The summed E-state index contributed by atoms with van der Waals surface area (Å²) < 4.78 is 0. The average Bonchev–Trinajstić information content (AvgIpc) is 2.02. The minimum atomic E-state index is -0.0256. The molecule has 0 aliphatic rings. The number of rotatable bonds is 4. The van der Waals surface area contributed by atoms with Crippen LogP contribution in [0.25, 0.3) is 0 Å². The first-order chi connectivity index (χ1) is 5.90. The molecule has 0 bridgehead atoms.